The van der Waals surface area contributed by atoms with Gasteiger partial charge in [0, 0.05) is 12.0 Å². The average molecular weight is 377 g/mol. The number of carbonyl (C=O) groups is 1. The van der Waals surface area contributed by atoms with E-state index in [4.69, 9.17) is 4.74 Å². The molecule has 28 heavy (non-hydrogen) atoms. The standard InChI is InChI=1S/C24H27NO3/c26-23(25-17-12-16-6-5-11-24(27,13-16)14-17)28-15-22-20-9-3-1-7-18(20)19-8-2-4-10-21(19)22/h1-4,7-10,16-17,22,27H,5-6,11-15H2,(H,25,26). The molecular formula is C24H27NO3. The number of nitrogens with one attached hydrogen (secondary N) is 1. The first kappa shape index (κ1) is 17.7. The number of rotatable bonds is 3. The van der Waals surface area contributed by atoms with Crippen molar-refractivity contribution < 1.29 is 14.6 Å². The van der Waals surface area contributed by atoms with Crippen molar-refractivity contribution in [1.29, 1.82) is 0 Å². The Hall–Kier alpha value is -2.33. The zero-order valence-electron chi connectivity index (χ0n) is 16.1. The van der Waals surface area contributed by atoms with Crippen molar-refractivity contribution in [2.45, 2.75) is 56.1 Å². The van der Waals surface area contributed by atoms with Crippen LogP contribution in [0.5, 0.6) is 0 Å². The van der Waals surface area contributed by atoms with Gasteiger partial charge in [0.15, 0.2) is 0 Å². The van der Waals surface area contributed by atoms with Crippen molar-refractivity contribution in [3.63, 3.8) is 0 Å². The predicted octanol–water partition coefficient (Wildman–Crippen LogP) is 4.61. The molecule has 0 spiro atoms. The number of amides is 1. The van der Waals surface area contributed by atoms with Crippen molar-refractivity contribution in [2.75, 3.05) is 6.61 Å². The molecule has 2 aromatic rings. The number of fused-ring (bicyclic) bond motifs is 5. The molecular weight excluding hydrogens is 350 g/mol. The van der Waals surface area contributed by atoms with E-state index >= 15 is 0 Å². The van der Waals surface area contributed by atoms with Crippen LogP contribution in [0.25, 0.3) is 11.1 Å². The minimum atomic E-state index is -0.595. The summed E-state index contributed by atoms with van der Waals surface area (Å²) < 4.78 is 5.67. The lowest BCUT2D eigenvalue weighted by molar-refractivity contribution is -0.0574. The number of hydrogen-bond acceptors (Lipinski definition) is 3. The molecule has 0 heterocycles. The fourth-order valence-corrected chi connectivity index (χ4v) is 5.71. The molecule has 3 unspecified atom stereocenters. The zero-order valence-corrected chi connectivity index (χ0v) is 16.1. The number of carbonyl (C=O) groups excluding carboxylic acids is 1. The minimum absolute atomic E-state index is 0.0136. The van der Waals surface area contributed by atoms with Gasteiger partial charge in [-0.2, -0.15) is 0 Å². The largest absolute Gasteiger partial charge is 0.449 e. The summed E-state index contributed by atoms with van der Waals surface area (Å²) in [5, 5.41) is 13.7. The molecule has 4 nitrogen and oxygen atoms in total. The van der Waals surface area contributed by atoms with Crippen LogP contribution in [-0.4, -0.2) is 29.4 Å². The van der Waals surface area contributed by atoms with Crippen molar-refractivity contribution in [3.8, 4) is 11.1 Å². The highest BCUT2D eigenvalue weighted by atomic mass is 16.5. The Morgan fingerprint density at radius 1 is 1.07 bits per heavy atom. The van der Waals surface area contributed by atoms with Crippen molar-refractivity contribution in [3.05, 3.63) is 59.7 Å². The van der Waals surface area contributed by atoms with Crippen LogP contribution in [0.2, 0.25) is 0 Å². The van der Waals surface area contributed by atoms with Crippen LogP contribution in [0.3, 0.4) is 0 Å². The van der Waals surface area contributed by atoms with Gasteiger partial charge in [-0.15, -0.1) is 0 Å². The van der Waals surface area contributed by atoms with Gasteiger partial charge in [0.05, 0.1) is 5.60 Å². The van der Waals surface area contributed by atoms with E-state index in [1.807, 2.05) is 12.1 Å². The summed E-state index contributed by atoms with van der Waals surface area (Å²) in [7, 11) is 0. The summed E-state index contributed by atoms with van der Waals surface area (Å²) in [4.78, 5) is 12.5. The van der Waals surface area contributed by atoms with Gasteiger partial charge in [-0.1, -0.05) is 61.4 Å². The van der Waals surface area contributed by atoms with E-state index in [0.717, 1.165) is 32.1 Å². The normalized spacial score (nSPS) is 28.3. The average Bonchev–Trinajstić information content (AvgIpc) is 2.99. The van der Waals surface area contributed by atoms with Crippen molar-refractivity contribution in [1.82, 2.24) is 5.32 Å². The maximum atomic E-state index is 12.5. The van der Waals surface area contributed by atoms with Gasteiger partial charge in [0.25, 0.3) is 0 Å². The fourth-order valence-electron chi connectivity index (χ4n) is 5.71. The summed E-state index contributed by atoms with van der Waals surface area (Å²) in [5.74, 6) is 0.597. The molecule has 0 aromatic heterocycles. The first-order valence-corrected chi connectivity index (χ1v) is 10.5. The lowest BCUT2D eigenvalue weighted by Crippen LogP contribution is -2.50. The van der Waals surface area contributed by atoms with Crippen molar-refractivity contribution >= 4 is 6.09 Å². The van der Waals surface area contributed by atoms with Gasteiger partial charge >= 0.3 is 6.09 Å². The summed E-state index contributed by atoms with van der Waals surface area (Å²) in [5.41, 5.74) is 4.31. The lowest BCUT2D eigenvalue weighted by atomic mass is 9.67. The monoisotopic (exact) mass is 377 g/mol. The molecule has 0 aliphatic heterocycles. The Kier molecular flexibility index (Phi) is 4.39. The third kappa shape index (κ3) is 3.20. The molecule has 3 aliphatic carbocycles. The van der Waals surface area contributed by atoms with Crippen LogP contribution in [0, 0.1) is 5.92 Å². The number of ether oxygens (including phenoxy) is 1. The highest BCUT2D eigenvalue weighted by Crippen LogP contribution is 2.45. The first-order valence-electron chi connectivity index (χ1n) is 10.5. The van der Waals surface area contributed by atoms with Crippen LogP contribution >= 0.6 is 0 Å². The van der Waals surface area contributed by atoms with E-state index in [-0.39, 0.29) is 18.1 Å². The van der Waals surface area contributed by atoms with E-state index in [1.165, 1.54) is 22.3 Å². The second kappa shape index (κ2) is 6.93. The van der Waals surface area contributed by atoms with E-state index < -0.39 is 5.60 Å². The molecule has 3 aliphatic rings. The number of aliphatic hydroxyl groups is 1. The third-order valence-corrected chi connectivity index (χ3v) is 6.83. The Balaban J connectivity index is 1.25. The molecule has 1 amide bonds. The van der Waals surface area contributed by atoms with Gasteiger partial charge in [-0.05, 0) is 53.9 Å². The van der Waals surface area contributed by atoms with Gasteiger partial charge < -0.3 is 15.2 Å². The van der Waals surface area contributed by atoms with Crippen LogP contribution in [0.4, 0.5) is 4.79 Å². The van der Waals surface area contributed by atoms with Crippen LogP contribution < -0.4 is 5.32 Å². The topological polar surface area (TPSA) is 58.6 Å². The number of alkyl carbamates (subject to hydrolysis) is 1. The molecule has 0 radical (unpaired) electrons. The Morgan fingerprint density at radius 2 is 1.75 bits per heavy atom. The summed E-state index contributed by atoms with van der Waals surface area (Å²) >= 11 is 0. The van der Waals surface area contributed by atoms with E-state index in [2.05, 4.69) is 41.7 Å². The SMILES string of the molecule is O=C(NC1CC2CCCC(O)(C2)C1)OCC1c2ccccc2-c2ccccc21. The van der Waals surface area contributed by atoms with Crippen LogP contribution in [0.1, 0.15) is 55.6 Å². The van der Waals surface area contributed by atoms with E-state index in [0.29, 0.717) is 18.9 Å². The highest BCUT2D eigenvalue weighted by molar-refractivity contribution is 5.79. The maximum absolute atomic E-state index is 12.5. The molecule has 2 aromatic carbocycles. The quantitative estimate of drug-likeness (QED) is 0.821. The Morgan fingerprint density at radius 3 is 2.43 bits per heavy atom. The Labute approximate surface area is 165 Å². The van der Waals surface area contributed by atoms with Gasteiger partial charge in [-0.25, -0.2) is 4.79 Å². The van der Waals surface area contributed by atoms with E-state index in [9.17, 15) is 9.90 Å². The second-order valence-corrected chi connectivity index (χ2v) is 8.79. The smallest absolute Gasteiger partial charge is 0.407 e. The van der Waals surface area contributed by atoms with Gasteiger partial charge in [-0.3, -0.25) is 0 Å². The lowest BCUT2D eigenvalue weighted by Gasteiger charge is -2.45. The van der Waals surface area contributed by atoms with Gasteiger partial charge in [0.1, 0.15) is 6.61 Å². The minimum Gasteiger partial charge on any atom is -0.449 e. The molecule has 2 N–H and O–H groups in total. The molecule has 5 rings (SSSR count). The van der Waals surface area contributed by atoms with Crippen molar-refractivity contribution in [2.24, 2.45) is 5.92 Å². The molecule has 146 valence electrons. The molecule has 2 fully saturated rings. The summed E-state index contributed by atoms with van der Waals surface area (Å²) in [6, 6.07) is 16.7. The zero-order chi connectivity index (χ0) is 19.1. The second-order valence-electron chi connectivity index (χ2n) is 8.79. The van der Waals surface area contributed by atoms with Crippen LogP contribution in [0.15, 0.2) is 48.5 Å². The molecule has 2 saturated carbocycles. The first-order chi connectivity index (χ1) is 13.6. The van der Waals surface area contributed by atoms with Crippen LogP contribution in [-0.2, 0) is 4.74 Å². The molecule has 4 heteroatoms. The molecule has 3 atom stereocenters. The molecule has 2 bridgehead atoms. The fraction of sp³-hybridized carbons (Fsp3) is 0.458. The van der Waals surface area contributed by atoms with Gasteiger partial charge in [0.2, 0.25) is 0 Å². The predicted molar refractivity (Wildman–Crippen MR) is 108 cm³/mol. The number of benzene rings is 2. The summed E-state index contributed by atoms with van der Waals surface area (Å²) in [6.45, 7) is 0.334. The molecule has 0 saturated heterocycles. The summed E-state index contributed by atoms with van der Waals surface area (Å²) in [6.07, 6.45) is 5.22. The Bertz CT molecular complexity index is 849. The number of hydrogen-bond donors (Lipinski definition) is 2. The third-order valence-electron chi connectivity index (χ3n) is 6.83. The maximum Gasteiger partial charge on any atom is 0.407 e. The highest BCUT2D eigenvalue weighted by Gasteiger charge is 2.42. The van der Waals surface area contributed by atoms with E-state index in [1.54, 1.807) is 0 Å².